The summed E-state index contributed by atoms with van der Waals surface area (Å²) in [4.78, 5) is 0. The van der Waals surface area contributed by atoms with Crippen LogP contribution in [0.3, 0.4) is 0 Å². The minimum Gasteiger partial charge on any atom is -0.505 e. The first-order valence-corrected chi connectivity index (χ1v) is 5.88. The number of phenolic OH excluding ortho intramolecular Hbond substituents is 1. The van der Waals surface area contributed by atoms with Gasteiger partial charge in [-0.3, -0.25) is 4.72 Å². The maximum Gasteiger partial charge on any atom is 0.355 e. The lowest BCUT2D eigenvalue weighted by Gasteiger charge is -2.11. The van der Waals surface area contributed by atoms with Gasteiger partial charge in [0.05, 0.1) is 5.69 Å². The molecule has 0 saturated carbocycles. The first-order chi connectivity index (χ1) is 7.24. The van der Waals surface area contributed by atoms with Crippen LogP contribution in [-0.4, -0.2) is 19.3 Å². The van der Waals surface area contributed by atoms with Crippen LogP contribution >= 0.6 is 0 Å². The molecule has 0 saturated heterocycles. The molecule has 16 heavy (non-hydrogen) atoms. The van der Waals surface area contributed by atoms with E-state index in [0.717, 1.165) is 0 Å². The highest BCUT2D eigenvalue weighted by molar-refractivity contribution is 7.93. The van der Waals surface area contributed by atoms with Gasteiger partial charge in [-0.15, -0.1) is 0 Å². The lowest BCUT2D eigenvalue weighted by Crippen LogP contribution is -2.20. The number of anilines is 1. The lowest BCUT2D eigenvalue weighted by molar-refractivity contribution is 0.236. The van der Waals surface area contributed by atoms with Crippen LogP contribution in [0.1, 0.15) is 11.1 Å². The number of aryl methyl sites for hydroxylation is 2. The molecule has 0 aliphatic heterocycles. The van der Waals surface area contributed by atoms with Crippen LogP contribution in [0.2, 0.25) is 0 Å². The summed E-state index contributed by atoms with van der Waals surface area (Å²) in [5, 5.41) is 9.50. The van der Waals surface area contributed by atoms with Crippen molar-refractivity contribution in [2.45, 2.75) is 19.6 Å². The first-order valence-electron chi connectivity index (χ1n) is 4.34. The van der Waals surface area contributed by atoms with Crippen molar-refractivity contribution in [1.82, 2.24) is 0 Å². The van der Waals surface area contributed by atoms with Crippen molar-refractivity contribution < 1.29 is 22.3 Å². The molecule has 0 aliphatic rings. The summed E-state index contributed by atoms with van der Waals surface area (Å²) in [5.74, 6) is -3.89. The average molecular weight is 251 g/mol. The molecular formula is C9H11F2NO3S. The molecule has 90 valence electrons. The van der Waals surface area contributed by atoms with E-state index in [-0.39, 0.29) is 11.4 Å². The zero-order valence-corrected chi connectivity index (χ0v) is 9.48. The van der Waals surface area contributed by atoms with Gasteiger partial charge < -0.3 is 5.11 Å². The van der Waals surface area contributed by atoms with E-state index in [1.54, 1.807) is 24.6 Å². The largest absolute Gasteiger partial charge is 0.505 e. The Balaban J connectivity index is 3.17. The van der Waals surface area contributed by atoms with Gasteiger partial charge in [0.25, 0.3) is 10.0 Å². The van der Waals surface area contributed by atoms with Crippen molar-refractivity contribution in [3.8, 4) is 5.75 Å². The fraction of sp³-hybridized carbons (Fsp3) is 0.333. The molecule has 0 fully saturated rings. The number of nitrogens with one attached hydrogen (secondary N) is 1. The number of sulfonamides is 1. The first kappa shape index (κ1) is 12.7. The monoisotopic (exact) mass is 251 g/mol. The molecule has 0 unspecified atom stereocenters. The summed E-state index contributed by atoms with van der Waals surface area (Å²) >= 11 is 0. The predicted octanol–water partition coefficient (Wildman–Crippen LogP) is 1.97. The SMILES string of the molecule is Cc1cc(C)c(O)c(NS(=O)(=O)C(F)F)c1. The summed E-state index contributed by atoms with van der Waals surface area (Å²) in [5.41, 5.74) is 0.826. The van der Waals surface area contributed by atoms with Crippen LogP contribution < -0.4 is 4.72 Å². The van der Waals surface area contributed by atoms with Crippen LogP contribution in [-0.2, 0) is 10.0 Å². The molecule has 0 heterocycles. The van der Waals surface area contributed by atoms with Crippen molar-refractivity contribution in [1.29, 1.82) is 0 Å². The molecule has 1 rings (SSSR count). The Hall–Kier alpha value is -1.37. The summed E-state index contributed by atoms with van der Waals surface area (Å²) < 4.78 is 47.6. The molecule has 4 nitrogen and oxygen atoms in total. The van der Waals surface area contributed by atoms with Crippen molar-refractivity contribution >= 4 is 15.7 Å². The molecule has 0 aromatic heterocycles. The third-order valence-corrected chi connectivity index (χ3v) is 2.91. The number of phenols is 1. The van der Waals surface area contributed by atoms with Gasteiger partial charge in [0.2, 0.25) is 0 Å². The Kier molecular flexibility index (Phi) is 3.37. The molecule has 7 heteroatoms. The second-order valence-electron chi connectivity index (χ2n) is 3.39. The van der Waals surface area contributed by atoms with Crippen LogP contribution in [0.15, 0.2) is 12.1 Å². The molecule has 0 amide bonds. The fourth-order valence-corrected chi connectivity index (χ4v) is 1.79. The summed E-state index contributed by atoms with van der Waals surface area (Å²) in [6.45, 7) is 3.20. The minimum absolute atomic E-state index is 0.238. The second kappa shape index (κ2) is 4.25. The lowest BCUT2D eigenvalue weighted by atomic mass is 10.1. The summed E-state index contributed by atoms with van der Waals surface area (Å²) in [7, 11) is -4.75. The predicted molar refractivity (Wildman–Crippen MR) is 56.1 cm³/mol. The van der Waals surface area contributed by atoms with E-state index >= 15 is 0 Å². The van der Waals surface area contributed by atoms with Gasteiger partial charge in [-0.1, -0.05) is 6.07 Å². The Labute approximate surface area is 92.0 Å². The van der Waals surface area contributed by atoms with Gasteiger partial charge in [0.15, 0.2) is 0 Å². The van der Waals surface area contributed by atoms with Crippen molar-refractivity contribution in [2.75, 3.05) is 4.72 Å². The van der Waals surface area contributed by atoms with Crippen molar-refractivity contribution in [2.24, 2.45) is 0 Å². The summed E-state index contributed by atoms with van der Waals surface area (Å²) in [6, 6.07) is 2.89. The molecule has 0 atom stereocenters. The minimum atomic E-state index is -4.75. The van der Waals surface area contributed by atoms with Crippen LogP contribution in [0, 0.1) is 13.8 Å². The third-order valence-electron chi connectivity index (χ3n) is 1.93. The van der Waals surface area contributed by atoms with E-state index in [9.17, 15) is 22.3 Å². The number of hydrogen-bond donors (Lipinski definition) is 2. The normalized spacial score (nSPS) is 11.8. The number of halogens is 2. The van der Waals surface area contributed by atoms with E-state index in [1.165, 1.54) is 6.07 Å². The topological polar surface area (TPSA) is 66.4 Å². The Morgan fingerprint density at radius 1 is 1.31 bits per heavy atom. The van der Waals surface area contributed by atoms with Crippen LogP contribution in [0.5, 0.6) is 5.75 Å². The molecule has 2 N–H and O–H groups in total. The number of hydrogen-bond acceptors (Lipinski definition) is 3. The molecule has 0 spiro atoms. The number of aromatic hydroxyl groups is 1. The standard InChI is InChI=1S/C9H11F2NO3S/c1-5-3-6(2)8(13)7(4-5)12-16(14,15)9(10)11/h3-4,9,12-13H,1-2H3. The van der Waals surface area contributed by atoms with Gasteiger partial charge in [-0.25, -0.2) is 8.42 Å². The quantitative estimate of drug-likeness (QED) is 0.807. The highest BCUT2D eigenvalue weighted by Gasteiger charge is 2.25. The molecule has 1 aromatic carbocycles. The Bertz CT molecular complexity index is 500. The van der Waals surface area contributed by atoms with E-state index in [1.807, 2.05) is 0 Å². The van der Waals surface area contributed by atoms with Gasteiger partial charge in [-0.05, 0) is 31.0 Å². The van der Waals surface area contributed by atoms with Gasteiger partial charge in [-0.2, -0.15) is 8.78 Å². The van der Waals surface area contributed by atoms with E-state index in [4.69, 9.17) is 0 Å². The van der Waals surface area contributed by atoms with Crippen LogP contribution in [0.25, 0.3) is 0 Å². The molecule has 0 bridgehead atoms. The second-order valence-corrected chi connectivity index (χ2v) is 5.04. The molecule has 0 radical (unpaired) electrons. The Morgan fingerprint density at radius 3 is 2.38 bits per heavy atom. The third kappa shape index (κ3) is 2.60. The number of benzene rings is 1. The molecular weight excluding hydrogens is 240 g/mol. The van der Waals surface area contributed by atoms with Crippen molar-refractivity contribution in [3.63, 3.8) is 0 Å². The van der Waals surface area contributed by atoms with E-state index in [0.29, 0.717) is 11.1 Å². The molecule has 0 aliphatic carbocycles. The maximum atomic E-state index is 12.1. The van der Waals surface area contributed by atoms with Gasteiger partial charge >= 0.3 is 5.76 Å². The van der Waals surface area contributed by atoms with Gasteiger partial charge in [0.1, 0.15) is 5.75 Å². The average Bonchev–Trinajstić information content (AvgIpc) is 2.12. The maximum absolute atomic E-state index is 12.1. The number of alkyl halides is 2. The van der Waals surface area contributed by atoms with Gasteiger partial charge in [0, 0.05) is 0 Å². The highest BCUT2D eigenvalue weighted by Crippen LogP contribution is 2.30. The van der Waals surface area contributed by atoms with Crippen molar-refractivity contribution in [3.05, 3.63) is 23.3 Å². The summed E-state index contributed by atoms with van der Waals surface area (Å²) in [6.07, 6.45) is 0. The smallest absolute Gasteiger partial charge is 0.355 e. The van der Waals surface area contributed by atoms with E-state index < -0.39 is 15.8 Å². The van der Waals surface area contributed by atoms with E-state index in [2.05, 4.69) is 0 Å². The zero-order chi connectivity index (χ0) is 12.5. The fourth-order valence-electron chi connectivity index (χ4n) is 1.24. The zero-order valence-electron chi connectivity index (χ0n) is 8.66. The Morgan fingerprint density at radius 2 is 1.88 bits per heavy atom. The number of rotatable bonds is 3. The van der Waals surface area contributed by atoms with Crippen LogP contribution in [0.4, 0.5) is 14.5 Å². The highest BCUT2D eigenvalue weighted by atomic mass is 32.2. The molecule has 1 aromatic rings.